The minimum Gasteiger partial charge on any atom is -0.482 e. The summed E-state index contributed by atoms with van der Waals surface area (Å²) in [5.41, 5.74) is 1.40. The van der Waals surface area contributed by atoms with E-state index in [0.717, 1.165) is 24.8 Å². The summed E-state index contributed by atoms with van der Waals surface area (Å²) in [5, 5.41) is 11.7. The van der Waals surface area contributed by atoms with E-state index in [1.165, 1.54) is 0 Å². The van der Waals surface area contributed by atoms with Crippen molar-refractivity contribution in [1.29, 1.82) is 0 Å². The van der Waals surface area contributed by atoms with Gasteiger partial charge in [0, 0.05) is 13.2 Å². The van der Waals surface area contributed by atoms with Crippen LogP contribution in [0.3, 0.4) is 0 Å². The maximum Gasteiger partial charge on any atom is 0.422 e. The summed E-state index contributed by atoms with van der Waals surface area (Å²) in [6.07, 6.45) is -1.91. The number of unbranched alkanes of at least 4 members (excludes halogenated alkanes) is 2. The molecule has 0 bridgehead atoms. The average molecular weight is 291 g/mol. The molecule has 0 heterocycles. The number of benzene rings is 1. The number of alkyl halides is 3. The molecular weight excluding hydrogens is 271 g/mol. The molecule has 0 aromatic heterocycles. The molecule has 0 radical (unpaired) electrons. The third-order valence-corrected chi connectivity index (χ3v) is 2.68. The molecule has 0 spiro atoms. The standard InChI is InChI=1S/C14H20F3NO2/c1-11-5-6-12(18-7-3-2-4-8-19)13(9-11)20-10-14(15,16)17/h5-6,9,18-19H,2-4,7-8,10H2,1H3. The van der Waals surface area contributed by atoms with Crippen molar-refractivity contribution in [2.24, 2.45) is 0 Å². The van der Waals surface area contributed by atoms with E-state index in [-0.39, 0.29) is 12.4 Å². The van der Waals surface area contributed by atoms with Gasteiger partial charge in [0.2, 0.25) is 0 Å². The molecule has 1 aromatic carbocycles. The number of aliphatic hydroxyl groups is 1. The van der Waals surface area contributed by atoms with Gasteiger partial charge in [-0.2, -0.15) is 13.2 Å². The smallest absolute Gasteiger partial charge is 0.422 e. The van der Waals surface area contributed by atoms with E-state index in [0.29, 0.717) is 12.2 Å². The van der Waals surface area contributed by atoms with Gasteiger partial charge in [0.05, 0.1) is 5.69 Å². The number of halogens is 3. The van der Waals surface area contributed by atoms with Crippen LogP contribution in [0.1, 0.15) is 24.8 Å². The maximum atomic E-state index is 12.2. The number of rotatable bonds is 8. The Morgan fingerprint density at radius 1 is 1.20 bits per heavy atom. The summed E-state index contributed by atoms with van der Waals surface area (Å²) in [6, 6.07) is 5.12. The van der Waals surface area contributed by atoms with Gasteiger partial charge >= 0.3 is 6.18 Å². The van der Waals surface area contributed by atoms with E-state index < -0.39 is 12.8 Å². The quantitative estimate of drug-likeness (QED) is 0.720. The zero-order valence-electron chi connectivity index (χ0n) is 11.5. The molecule has 0 amide bonds. The highest BCUT2D eigenvalue weighted by Gasteiger charge is 2.28. The first-order valence-electron chi connectivity index (χ1n) is 6.57. The molecule has 0 aliphatic heterocycles. The molecule has 0 fully saturated rings. The Balaban J connectivity index is 2.56. The van der Waals surface area contributed by atoms with Crippen molar-refractivity contribution in [3.05, 3.63) is 23.8 Å². The molecule has 114 valence electrons. The van der Waals surface area contributed by atoms with Crippen LogP contribution in [0.2, 0.25) is 0 Å². The second-order valence-corrected chi connectivity index (χ2v) is 4.61. The molecule has 1 aromatic rings. The molecule has 6 heteroatoms. The summed E-state index contributed by atoms with van der Waals surface area (Å²) in [4.78, 5) is 0. The third kappa shape index (κ3) is 6.65. The molecule has 0 aliphatic carbocycles. The van der Waals surface area contributed by atoms with Gasteiger partial charge in [0.15, 0.2) is 6.61 Å². The lowest BCUT2D eigenvalue weighted by atomic mass is 10.2. The summed E-state index contributed by atoms with van der Waals surface area (Å²) in [5.74, 6) is 0.212. The normalized spacial score (nSPS) is 11.4. The number of aliphatic hydroxyl groups excluding tert-OH is 1. The first-order chi connectivity index (χ1) is 9.42. The summed E-state index contributed by atoms with van der Waals surface area (Å²) >= 11 is 0. The molecule has 20 heavy (non-hydrogen) atoms. The van der Waals surface area contributed by atoms with Gasteiger partial charge in [-0.1, -0.05) is 6.07 Å². The molecule has 0 atom stereocenters. The molecule has 0 aliphatic rings. The zero-order valence-corrected chi connectivity index (χ0v) is 11.5. The second kappa shape index (κ2) is 7.99. The van der Waals surface area contributed by atoms with Crippen LogP contribution in [-0.2, 0) is 0 Å². The van der Waals surface area contributed by atoms with E-state index in [1.807, 2.05) is 6.07 Å². The minimum absolute atomic E-state index is 0.157. The van der Waals surface area contributed by atoms with Crippen LogP contribution in [0.4, 0.5) is 18.9 Å². The largest absolute Gasteiger partial charge is 0.482 e. The van der Waals surface area contributed by atoms with Gasteiger partial charge in [-0.05, 0) is 43.9 Å². The molecule has 0 unspecified atom stereocenters. The predicted octanol–water partition coefficient (Wildman–Crippen LogP) is 3.51. The molecule has 0 saturated carbocycles. The molecular formula is C14H20F3NO2. The monoisotopic (exact) mass is 291 g/mol. The van der Waals surface area contributed by atoms with Crippen molar-refractivity contribution >= 4 is 5.69 Å². The molecule has 1 rings (SSSR count). The Hall–Kier alpha value is -1.43. The maximum absolute atomic E-state index is 12.2. The average Bonchev–Trinajstić information content (AvgIpc) is 2.37. The van der Waals surface area contributed by atoms with Crippen molar-refractivity contribution < 1.29 is 23.0 Å². The number of hydrogen-bond acceptors (Lipinski definition) is 3. The van der Waals surface area contributed by atoms with Gasteiger partial charge in [0.25, 0.3) is 0 Å². The first-order valence-corrected chi connectivity index (χ1v) is 6.57. The van der Waals surface area contributed by atoms with Crippen LogP contribution in [-0.4, -0.2) is 31.0 Å². The number of nitrogens with one attached hydrogen (secondary N) is 1. The van der Waals surface area contributed by atoms with Crippen molar-refractivity contribution in [2.75, 3.05) is 25.1 Å². The van der Waals surface area contributed by atoms with Gasteiger partial charge < -0.3 is 15.2 Å². The zero-order chi connectivity index (χ0) is 15.0. The van der Waals surface area contributed by atoms with Crippen LogP contribution in [0.5, 0.6) is 5.75 Å². The van der Waals surface area contributed by atoms with Crippen LogP contribution in [0, 0.1) is 6.92 Å². The van der Waals surface area contributed by atoms with Gasteiger partial charge in [-0.3, -0.25) is 0 Å². The number of ether oxygens (including phenoxy) is 1. The van der Waals surface area contributed by atoms with Crippen LogP contribution in [0.15, 0.2) is 18.2 Å². The minimum atomic E-state index is -4.35. The first kappa shape index (κ1) is 16.6. The highest BCUT2D eigenvalue weighted by Crippen LogP contribution is 2.27. The van der Waals surface area contributed by atoms with E-state index in [4.69, 9.17) is 9.84 Å². The van der Waals surface area contributed by atoms with E-state index in [2.05, 4.69) is 5.32 Å². The highest BCUT2D eigenvalue weighted by molar-refractivity contribution is 5.57. The lowest BCUT2D eigenvalue weighted by Gasteiger charge is -2.15. The fourth-order valence-corrected chi connectivity index (χ4v) is 1.69. The van der Waals surface area contributed by atoms with E-state index in [9.17, 15) is 13.2 Å². The lowest BCUT2D eigenvalue weighted by Crippen LogP contribution is -2.20. The highest BCUT2D eigenvalue weighted by atomic mass is 19.4. The molecule has 2 N–H and O–H groups in total. The Morgan fingerprint density at radius 3 is 2.60 bits per heavy atom. The van der Waals surface area contributed by atoms with Crippen molar-refractivity contribution in [3.8, 4) is 5.75 Å². The van der Waals surface area contributed by atoms with E-state index >= 15 is 0 Å². The predicted molar refractivity (Wildman–Crippen MR) is 72.2 cm³/mol. The number of anilines is 1. The van der Waals surface area contributed by atoms with Crippen molar-refractivity contribution in [1.82, 2.24) is 0 Å². The van der Waals surface area contributed by atoms with Gasteiger partial charge in [-0.15, -0.1) is 0 Å². The molecule has 0 saturated heterocycles. The second-order valence-electron chi connectivity index (χ2n) is 4.61. The SMILES string of the molecule is Cc1ccc(NCCCCCO)c(OCC(F)(F)F)c1. The van der Waals surface area contributed by atoms with Crippen molar-refractivity contribution in [3.63, 3.8) is 0 Å². The van der Waals surface area contributed by atoms with Crippen molar-refractivity contribution in [2.45, 2.75) is 32.4 Å². The Kier molecular flexibility index (Phi) is 6.64. The molecule has 3 nitrogen and oxygen atoms in total. The van der Waals surface area contributed by atoms with Gasteiger partial charge in [-0.25, -0.2) is 0 Å². The Morgan fingerprint density at radius 2 is 1.95 bits per heavy atom. The summed E-state index contributed by atoms with van der Waals surface area (Å²) in [7, 11) is 0. The van der Waals surface area contributed by atoms with Gasteiger partial charge in [0.1, 0.15) is 5.75 Å². The van der Waals surface area contributed by atoms with Crippen LogP contribution in [0.25, 0.3) is 0 Å². The van der Waals surface area contributed by atoms with Crippen LogP contribution >= 0.6 is 0 Å². The third-order valence-electron chi connectivity index (χ3n) is 2.68. The topological polar surface area (TPSA) is 41.5 Å². The summed E-state index contributed by atoms with van der Waals surface area (Å²) < 4.78 is 41.4. The number of hydrogen-bond donors (Lipinski definition) is 2. The Bertz CT molecular complexity index is 408. The lowest BCUT2D eigenvalue weighted by molar-refractivity contribution is -0.153. The fourth-order valence-electron chi connectivity index (χ4n) is 1.69. The summed E-state index contributed by atoms with van der Waals surface area (Å²) in [6.45, 7) is 1.29. The Labute approximate surface area is 116 Å². The number of aryl methyl sites for hydroxylation is 1. The van der Waals surface area contributed by atoms with E-state index in [1.54, 1.807) is 19.1 Å². The van der Waals surface area contributed by atoms with Crippen LogP contribution < -0.4 is 10.1 Å². The fraction of sp³-hybridized carbons (Fsp3) is 0.571.